The summed E-state index contributed by atoms with van der Waals surface area (Å²) in [5.41, 5.74) is 2.32. The van der Waals surface area contributed by atoms with Crippen molar-refractivity contribution >= 4 is 17.9 Å². The highest BCUT2D eigenvalue weighted by atomic mass is 16.5. The lowest BCUT2D eigenvalue weighted by molar-refractivity contribution is -0.141. The van der Waals surface area contributed by atoms with E-state index in [0.29, 0.717) is 18.7 Å². The number of aromatic nitrogens is 2. The quantitative estimate of drug-likeness (QED) is 0.296. The molecule has 9 heteroatoms. The molecule has 2 atom stereocenters. The molecule has 2 aromatic carbocycles. The average Bonchev–Trinajstić information content (AvgIpc) is 3.46. The van der Waals surface area contributed by atoms with E-state index in [-0.39, 0.29) is 30.3 Å². The van der Waals surface area contributed by atoms with Gasteiger partial charge in [0.25, 0.3) is 0 Å². The number of aromatic amines is 1. The molecule has 214 valence electrons. The Labute approximate surface area is 236 Å². The number of amides is 3. The topological polar surface area (TPSA) is 116 Å². The predicted octanol–water partition coefficient (Wildman–Crippen LogP) is 4.21. The van der Waals surface area contributed by atoms with Crippen LogP contribution in [0.4, 0.5) is 4.79 Å². The number of alkyl carbamates (subject to hydrolysis) is 1. The van der Waals surface area contributed by atoms with Crippen molar-refractivity contribution in [1.29, 1.82) is 0 Å². The summed E-state index contributed by atoms with van der Waals surface area (Å²) in [6, 6.07) is 17.6. The number of carbonyl (C=O) groups excluding carboxylic acids is 3. The summed E-state index contributed by atoms with van der Waals surface area (Å²) in [5.74, 6) is -0.474. The zero-order valence-corrected chi connectivity index (χ0v) is 24.0. The highest BCUT2D eigenvalue weighted by Crippen LogP contribution is 2.22. The summed E-state index contributed by atoms with van der Waals surface area (Å²) in [4.78, 5) is 48.4. The molecule has 3 amide bonds. The van der Waals surface area contributed by atoms with Crippen LogP contribution < -0.4 is 10.6 Å². The molecule has 3 N–H and O–H groups in total. The summed E-state index contributed by atoms with van der Waals surface area (Å²) >= 11 is 0. The Morgan fingerprint density at radius 1 is 1.02 bits per heavy atom. The van der Waals surface area contributed by atoms with Crippen LogP contribution in [0.3, 0.4) is 0 Å². The molecule has 0 unspecified atom stereocenters. The number of hydrogen-bond acceptors (Lipinski definition) is 5. The minimum absolute atomic E-state index is 0.0725. The Kier molecular flexibility index (Phi) is 10.9. The van der Waals surface area contributed by atoms with Crippen LogP contribution in [0.15, 0.2) is 73.2 Å². The van der Waals surface area contributed by atoms with E-state index in [4.69, 9.17) is 4.74 Å². The first-order chi connectivity index (χ1) is 19.1. The number of hydrogen-bond donors (Lipinski definition) is 3. The standard InChI is InChI=1S/C31H41N5O4/c1-22(2)16-27(28(37)33-20-31(3,4)24-14-10-7-11-15-24)36(5)29(38)26(17-25-18-32-21-34-25)35-30(39)40-19-23-12-8-6-9-13-23/h6-15,18,21-22,26-27H,16-17,19-20H2,1-5H3,(H,32,34)(H,33,37)(H,35,39)/t26-,27+/m0/s1. The molecule has 1 heterocycles. The highest BCUT2D eigenvalue weighted by Gasteiger charge is 2.34. The van der Waals surface area contributed by atoms with Crippen molar-refractivity contribution in [2.75, 3.05) is 13.6 Å². The van der Waals surface area contributed by atoms with Gasteiger partial charge in [-0.2, -0.15) is 0 Å². The molecule has 0 radical (unpaired) electrons. The van der Waals surface area contributed by atoms with Crippen LogP contribution in [-0.2, 0) is 32.8 Å². The number of rotatable bonds is 13. The molecule has 0 fully saturated rings. The first-order valence-corrected chi connectivity index (χ1v) is 13.6. The Balaban J connectivity index is 1.72. The lowest BCUT2D eigenvalue weighted by Gasteiger charge is -2.33. The smallest absolute Gasteiger partial charge is 0.408 e. The van der Waals surface area contributed by atoms with Gasteiger partial charge in [-0.15, -0.1) is 0 Å². The first kappa shape index (κ1) is 30.4. The number of benzene rings is 2. The molecule has 0 spiro atoms. The third-order valence-electron chi connectivity index (χ3n) is 6.85. The number of ether oxygens (including phenoxy) is 1. The van der Waals surface area contributed by atoms with Crippen molar-refractivity contribution in [3.63, 3.8) is 0 Å². The Morgan fingerprint density at radius 2 is 1.68 bits per heavy atom. The third-order valence-corrected chi connectivity index (χ3v) is 6.85. The monoisotopic (exact) mass is 547 g/mol. The summed E-state index contributed by atoms with van der Waals surface area (Å²) < 4.78 is 5.37. The van der Waals surface area contributed by atoms with Gasteiger partial charge in [0.05, 0.1) is 6.33 Å². The number of nitrogens with one attached hydrogen (secondary N) is 3. The second kappa shape index (κ2) is 14.3. The molecule has 0 aliphatic rings. The van der Waals surface area contributed by atoms with Crippen LogP contribution >= 0.6 is 0 Å². The SMILES string of the molecule is CC(C)C[C@H](C(=O)NCC(C)(C)c1ccccc1)N(C)C(=O)[C@H](Cc1cnc[nH]1)NC(=O)OCc1ccccc1. The van der Waals surface area contributed by atoms with Crippen molar-refractivity contribution in [1.82, 2.24) is 25.5 Å². The minimum atomic E-state index is -0.961. The maximum Gasteiger partial charge on any atom is 0.408 e. The number of carbonyl (C=O) groups is 3. The highest BCUT2D eigenvalue weighted by molar-refractivity contribution is 5.91. The maximum atomic E-state index is 13.8. The summed E-state index contributed by atoms with van der Waals surface area (Å²) in [6.45, 7) is 8.64. The van der Waals surface area contributed by atoms with E-state index in [9.17, 15) is 14.4 Å². The van der Waals surface area contributed by atoms with Crippen LogP contribution in [0.2, 0.25) is 0 Å². The zero-order valence-electron chi connectivity index (χ0n) is 24.0. The summed E-state index contributed by atoms with van der Waals surface area (Å²) in [6.07, 6.45) is 3.03. The molecule has 9 nitrogen and oxygen atoms in total. The molecule has 0 aliphatic heterocycles. The van der Waals surface area contributed by atoms with Crippen molar-refractivity contribution in [3.05, 3.63) is 90.0 Å². The molecular weight excluding hydrogens is 506 g/mol. The first-order valence-electron chi connectivity index (χ1n) is 13.6. The average molecular weight is 548 g/mol. The Hall–Kier alpha value is -4.14. The molecule has 1 aromatic heterocycles. The number of H-pyrrole nitrogens is 1. The Morgan fingerprint density at radius 3 is 2.27 bits per heavy atom. The minimum Gasteiger partial charge on any atom is -0.445 e. The molecule has 3 rings (SSSR count). The second-order valence-corrected chi connectivity index (χ2v) is 11.1. The van der Waals surface area contributed by atoms with Crippen LogP contribution in [0, 0.1) is 5.92 Å². The largest absolute Gasteiger partial charge is 0.445 e. The predicted molar refractivity (Wildman–Crippen MR) is 154 cm³/mol. The molecule has 3 aromatic rings. The lowest BCUT2D eigenvalue weighted by atomic mass is 9.84. The lowest BCUT2D eigenvalue weighted by Crippen LogP contribution is -2.56. The third kappa shape index (κ3) is 8.97. The zero-order chi connectivity index (χ0) is 29.1. The van der Waals surface area contributed by atoms with Gasteiger partial charge in [0.1, 0.15) is 18.7 Å². The van der Waals surface area contributed by atoms with Gasteiger partial charge in [-0.3, -0.25) is 9.59 Å². The van der Waals surface area contributed by atoms with Gasteiger partial charge in [0, 0.05) is 37.3 Å². The second-order valence-electron chi connectivity index (χ2n) is 11.1. The van der Waals surface area contributed by atoms with E-state index in [1.54, 1.807) is 13.2 Å². The fraction of sp³-hybridized carbons (Fsp3) is 0.419. The molecule has 0 saturated heterocycles. The van der Waals surface area contributed by atoms with E-state index < -0.39 is 24.1 Å². The number of imidazole rings is 1. The van der Waals surface area contributed by atoms with E-state index in [1.165, 1.54) is 11.2 Å². The van der Waals surface area contributed by atoms with Gasteiger partial charge < -0.3 is 25.3 Å². The van der Waals surface area contributed by atoms with Gasteiger partial charge in [0.15, 0.2) is 0 Å². The Bertz CT molecular complexity index is 1210. The summed E-state index contributed by atoms with van der Waals surface area (Å²) in [7, 11) is 1.61. The van der Waals surface area contributed by atoms with Crippen molar-refractivity contribution in [2.45, 2.75) is 64.6 Å². The van der Waals surface area contributed by atoms with Gasteiger partial charge >= 0.3 is 6.09 Å². The molecule has 0 bridgehead atoms. The van der Waals surface area contributed by atoms with Crippen LogP contribution in [0.25, 0.3) is 0 Å². The van der Waals surface area contributed by atoms with Crippen LogP contribution in [0.5, 0.6) is 0 Å². The maximum absolute atomic E-state index is 13.8. The molecule has 0 aliphatic carbocycles. The van der Waals surface area contributed by atoms with Gasteiger partial charge in [0.2, 0.25) is 11.8 Å². The van der Waals surface area contributed by atoms with Crippen molar-refractivity contribution < 1.29 is 19.1 Å². The summed E-state index contributed by atoms with van der Waals surface area (Å²) in [5, 5.41) is 5.76. The fourth-order valence-corrected chi connectivity index (χ4v) is 4.43. The molecule has 0 saturated carbocycles. The van der Waals surface area contributed by atoms with Gasteiger partial charge in [-0.25, -0.2) is 9.78 Å². The van der Waals surface area contributed by atoms with E-state index in [0.717, 1.165) is 11.1 Å². The van der Waals surface area contributed by atoms with E-state index in [1.807, 2.05) is 74.5 Å². The van der Waals surface area contributed by atoms with Crippen molar-refractivity contribution in [3.8, 4) is 0 Å². The molecular formula is C31H41N5O4. The van der Waals surface area contributed by atoms with Gasteiger partial charge in [-0.1, -0.05) is 88.4 Å². The normalized spacial score (nSPS) is 12.8. The van der Waals surface area contributed by atoms with E-state index in [2.05, 4.69) is 34.4 Å². The van der Waals surface area contributed by atoms with Gasteiger partial charge in [-0.05, 0) is 23.5 Å². The van der Waals surface area contributed by atoms with Crippen molar-refractivity contribution in [2.24, 2.45) is 5.92 Å². The number of nitrogens with zero attached hydrogens (tertiary/aromatic N) is 2. The van der Waals surface area contributed by atoms with Crippen LogP contribution in [-0.4, -0.2) is 58.5 Å². The van der Waals surface area contributed by atoms with Crippen LogP contribution in [0.1, 0.15) is 50.9 Å². The fourth-order valence-electron chi connectivity index (χ4n) is 4.43. The van der Waals surface area contributed by atoms with E-state index >= 15 is 0 Å². The molecule has 40 heavy (non-hydrogen) atoms. The number of likely N-dealkylation sites (N-methyl/N-ethyl adjacent to an activating group) is 1.